The van der Waals surface area contributed by atoms with Gasteiger partial charge in [0.05, 0.1) is 28.9 Å². The Hall–Kier alpha value is -3.72. The molecule has 10 atom stereocenters. The summed E-state index contributed by atoms with van der Waals surface area (Å²) in [4.78, 5) is 11.1. The van der Waals surface area contributed by atoms with Crippen LogP contribution >= 0.6 is 0 Å². The molecule has 16 rings (SSSR count). The smallest absolute Gasteiger partial charge is 0.0728 e. The Balaban J connectivity index is 1.17. The molecule has 3 nitrogen and oxygen atoms in total. The first-order chi connectivity index (χ1) is 23.5. The van der Waals surface area contributed by atoms with Crippen LogP contribution in [0.5, 0.6) is 0 Å². The highest BCUT2D eigenvalue weighted by Crippen LogP contribution is 2.83. The average Bonchev–Trinajstić information content (AvgIpc) is 3.86. The van der Waals surface area contributed by atoms with Crippen molar-refractivity contribution in [1.82, 2.24) is 14.4 Å². The van der Waals surface area contributed by atoms with E-state index >= 15 is 0 Å². The van der Waals surface area contributed by atoms with Crippen LogP contribution in [-0.4, -0.2) is 14.4 Å². The van der Waals surface area contributed by atoms with Gasteiger partial charge in [-0.15, -0.1) is 0 Å². The fourth-order valence-corrected chi connectivity index (χ4v) is 16.9. The predicted molar refractivity (Wildman–Crippen MR) is 191 cm³/mol. The molecule has 4 bridgehead atoms. The van der Waals surface area contributed by atoms with Crippen molar-refractivity contribution in [2.45, 2.75) is 94.3 Å². The Morgan fingerprint density at radius 3 is 1.90 bits per heavy atom. The molecule has 0 saturated heterocycles. The van der Waals surface area contributed by atoms with Gasteiger partial charge >= 0.3 is 0 Å². The van der Waals surface area contributed by atoms with Crippen LogP contribution in [0.15, 0.2) is 42.7 Å². The molecule has 6 fully saturated rings. The molecular formula is C45H37N3. The average molecular weight is 620 g/mol. The normalized spacial score (nSPS) is 40.4. The Labute approximate surface area is 278 Å². The molecule has 48 heavy (non-hydrogen) atoms. The first kappa shape index (κ1) is 23.6. The van der Waals surface area contributed by atoms with E-state index in [0.717, 1.165) is 23.7 Å². The first-order valence-electron chi connectivity index (χ1n) is 19.4. The summed E-state index contributed by atoms with van der Waals surface area (Å²) in [6, 6.07) is 12.1. The lowest BCUT2D eigenvalue weighted by Crippen LogP contribution is -2.59. The maximum Gasteiger partial charge on any atom is 0.0728 e. The molecule has 9 aliphatic rings. The third kappa shape index (κ3) is 1.89. The van der Waals surface area contributed by atoms with Crippen molar-refractivity contribution in [2.75, 3.05) is 0 Å². The molecule has 4 heterocycles. The molecule has 2 spiro atoms. The van der Waals surface area contributed by atoms with Crippen molar-refractivity contribution in [2.24, 2.45) is 34.5 Å². The SMILES string of the molecule is CC1(C)c2cccc3ccc4c(c1c1c5c6c(ncc5n5c7cnc8c(c7c4c15)C1CC4CC5CC8C45C1)C1CC4CC5CC6CC541)c23. The van der Waals surface area contributed by atoms with E-state index in [1.165, 1.54) is 101 Å². The van der Waals surface area contributed by atoms with Gasteiger partial charge in [0.1, 0.15) is 0 Å². The predicted octanol–water partition coefficient (Wildman–Crippen LogP) is 10.6. The number of rotatable bonds is 0. The Bertz CT molecular complexity index is 2850. The van der Waals surface area contributed by atoms with Gasteiger partial charge in [-0.25, -0.2) is 0 Å². The van der Waals surface area contributed by atoms with Gasteiger partial charge in [-0.05, 0) is 142 Å². The minimum absolute atomic E-state index is 0.0637. The van der Waals surface area contributed by atoms with E-state index in [4.69, 9.17) is 9.97 Å². The van der Waals surface area contributed by atoms with Gasteiger partial charge in [0.25, 0.3) is 0 Å². The van der Waals surface area contributed by atoms with Gasteiger partial charge in [-0.3, -0.25) is 9.97 Å². The monoisotopic (exact) mass is 619 g/mol. The molecule has 10 unspecified atom stereocenters. The zero-order chi connectivity index (χ0) is 30.5. The number of pyridine rings is 2. The van der Waals surface area contributed by atoms with E-state index in [-0.39, 0.29) is 5.41 Å². The van der Waals surface area contributed by atoms with Crippen molar-refractivity contribution >= 4 is 59.6 Å². The molecular weight excluding hydrogens is 583 g/mol. The second-order valence-corrected chi connectivity index (χ2v) is 19.3. The minimum Gasteiger partial charge on any atom is -0.305 e. The largest absolute Gasteiger partial charge is 0.305 e. The van der Waals surface area contributed by atoms with Crippen LogP contribution in [0.2, 0.25) is 0 Å². The summed E-state index contributed by atoms with van der Waals surface area (Å²) < 4.78 is 2.71. The van der Waals surface area contributed by atoms with E-state index < -0.39 is 0 Å². The van der Waals surface area contributed by atoms with Gasteiger partial charge < -0.3 is 4.40 Å². The van der Waals surface area contributed by atoms with Crippen LogP contribution in [-0.2, 0) is 5.41 Å². The summed E-state index contributed by atoms with van der Waals surface area (Å²) in [7, 11) is 0. The topological polar surface area (TPSA) is 30.2 Å². The Kier molecular flexibility index (Phi) is 3.19. The van der Waals surface area contributed by atoms with Gasteiger partial charge in [-0.1, -0.05) is 44.2 Å². The standard InChI is InChI=1S/C45H37N3/c1-43(2)26-5-3-4-18-6-7-25-34(31(18)26)39(43)38-37-30(17-47-41-28-13-24-11-22-9-20(33(37)41)15-45(22,24)28)48-29-16-46-40-27-12-23-10-21-8-19(14-44(21,23)27)32(40)36(29)35(25)42(38)48/h3-7,16-17,19-24,27-28H,8-15H2,1-2H3. The van der Waals surface area contributed by atoms with E-state index in [0.29, 0.717) is 34.5 Å². The van der Waals surface area contributed by atoms with Crippen molar-refractivity contribution in [3.8, 4) is 0 Å². The van der Waals surface area contributed by atoms with Gasteiger partial charge in [-0.2, -0.15) is 0 Å². The lowest BCUT2D eigenvalue weighted by atomic mass is 9.37. The highest BCUT2D eigenvalue weighted by molar-refractivity contribution is 6.37. The summed E-state index contributed by atoms with van der Waals surface area (Å²) in [6.07, 6.45) is 16.1. The summed E-state index contributed by atoms with van der Waals surface area (Å²) >= 11 is 0. The Morgan fingerprint density at radius 1 is 0.625 bits per heavy atom. The van der Waals surface area contributed by atoms with Crippen LogP contribution in [0.3, 0.4) is 0 Å². The number of benzene rings is 3. The van der Waals surface area contributed by atoms with Crippen LogP contribution in [0.25, 0.3) is 59.6 Å². The number of hydrogen-bond donors (Lipinski definition) is 0. The first-order valence-corrected chi connectivity index (χ1v) is 19.4. The van der Waals surface area contributed by atoms with E-state index in [1.54, 1.807) is 43.6 Å². The third-order valence-corrected chi connectivity index (χ3v) is 18.4. The van der Waals surface area contributed by atoms with Crippen molar-refractivity contribution in [3.63, 3.8) is 0 Å². The van der Waals surface area contributed by atoms with E-state index in [9.17, 15) is 0 Å². The maximum absolute atomic E-state index is 5.56. The van der Waals surface area contributed by atoms with Gasteiger partial charge in [0.2, 0.25) is 0 Å². The molecule has 0 radical (unpaired) electrons. The van der Waals surface area contributed by atoms with Crippen LogP contribution in [0.1, 0.15) is 123 Å². The second-order valence-electron chi connectivity index (χ2n) is 19.3. The number of fused-ring (bicyclic) bond motifs is 18. The summed E-state index contributed by atoms with van der Waals surface area (Å²) in [6.45, 7) is 5.06. The number of aromatic nitrogens is 3. The molecule has 6 saturated carbocycles. The molecule has 7 aromatic rings. The van der Waals surface area contributed by atoms with Gasteiger partial charge in [0, 0.05) is 50.2 Å². The summed E-state index contributed by atoms with van der Waals surface area (Å²) in [5.41, 5.74) is 14.9. The van der Waals surface area contributed by atoms with Crippen molar-refractivity contribution in [1.29, 1.82) is 0 Å². The lowest BCUT2D eigenvalue weighted by Gasteiger charge is -2.67. The molecule has 9 aliphatic carbocycles. The van der Waals surface area contributed by atoms with Crippen LogP contribution in [0.4, 0.5) is 0 Å². The lowest BCUT2D eigenvalue weighted by molar-refractivity contribution is -0.147. The molecule has 0 N–H and O–H groups in total. The zero-order valence-corrected chi connectivity index (χ0v) is 27.7. The van der Waals surface area contributed by atoms with E-state index in [2.05, 4.69) is 61.0 Å². The zero-order valence-electron chi connectivity index (χ0n) is 27.7. The Morgan fingerprint density at radius 2 is 1.25 bits per heavy atom. The molecule has 0 amide bonds. The molecule has 4 aromatic heterocycles. The van der Waals surface area contributed by atoms with Gasteiger partial charge in [0.15, 0.2) is 0 Å². The highest BCUT2D eigenvalue weighted by Gasteiger charge is 2.74. The fraction of sp³-hybridized carbons (Fsp3) is 0.467. The van der Waals surface area contributed by atoms with E-state index in [1.807, 2.05) is 0 Å². The maximum atomic E-state index is 5.56. The van der Waals surface area contributed by atoms with Crippen LogP contribution in [0, 0.1) is 34.5 Å². The molecule has 0 aliphatic heterocycles. The van der Waals surface area contributed by atoms with Crippen molar-refractivity contribution < 1.29 is 0 Å². The minimum atomic E-state index is -0.0637. The second kappa shape index (κ2) is 6.48. The molecule has 3 heteroatoms. The van der Waals surface area contributed by atoms with Crippen LogP contribution < -0.4 is 0 Å². The summed E-state index contributed by atoms with van der Waals surface area (Å²) in [5.74, 6) is 6.60. The number of nitrogens with zero attached hydrogens (tertiary/aromatic N) is 3. The molecule has 3 aromatic carbocycles. The number of hydrogen-bond acceptors (Lipinski definition) is 2. The quantitative estimate of drug-likeness (QED) is 0.158. The molecule has 232 valence electrons. The van der Waals surface area contributed by atoms with Crippen molar-refractivity contribution in [3.05, 3.63) is 76.4 Å². The third-order valence-electron chi connectivity index (χ3n) is 18.4. The summed E-state index contributed by atoms with van der Waals surface area (Å²) in [5, 5.41) is 12.3. The highest BCUT2D eigenvalue weighted by atomic mass is 15.0. The fourth-order valence-electron chi connectivity index (χ4n) is 16.9.